The Kier molecular flexibility index (Phi) is 4.45. The number of aromatic hydroxyl groups is 1. The third kappa shape index (κ3) is 3.36. The molecule has 17 heavy (non-hydrogen) atoms. The molecular weight excluding hydrogens is 234 g/mol. The quantitative estimate of drug-likeness (QED) is 0.863. The van der Waals surface area contributed by atoms with E-state index < -0.39 is 0 Å². The minimum absolute atomic E-state index is 0.119. The first-order valence-corrected chi connectivity index (χ1v) is 6.38. The van der Waals surface area contributed by atoms with Crippen LogP contribution in [0.3, 0.4) is 0 Å². The molecule has 1 atom stereocenters. The molecule has 0 bridgehead atoms. The molecule has 0 radical (unpaired) electrons. The van der Waals surface area contributed by atoms with E-state index in [4.69, 9.17) is 17.3 Å². The zero-order chi connectivity index (χ0) is 13.2. The van der Waals surface area contributed by atoms with Crippen LogP contribution in [-0.4, -0.2) is 11.7 Å². The molecule has 0 aromatic heterocycles. The standard InChI is InChI=1S/C14H22ClNO/c1-9(5-6-16)11-7-10(15)8-12(13(11)17)14(2,3)4/h7-9,17H,5-6,16H2,1-4H3. The van der Waals surface area contributed by atoms with Crippen molar-refractivity contribution in [2.75, 3.05) is 6.54 Å². The molecule has 1 aromatic carbocycles. The molecule has 0 aliphatic carbocycles. The number of rotatable bonds is 3. The van der Waals surface area contributed by atoms with Crippen molar-refractivity contribution in [3.05, 3.63) is 28.3 Å². The van der Waals surface area contributed by atoms with Crippen molar-refractivity contribution in [3.8, 4) is 5.75 Å². The van der Waals surface area contributed by atoms with Gasteiger partial charge >= 0.3 is 0 Å². The van der Waals surface area contributed by atoms with Crippen LogP contribution in [0.25, 0.3) is 0 Å². The van der Waals surface area contributed by atoms with Crippen LogP contribution >= 0.6 is 11.6 Å². The Labute approximate surface area is 109 Å². The van der Waals surface area contributed by atoms with Gasteiger partial charge in [-0.15, -0.1) is 0 Å². The van der Waals surface area contributed by atoms with Crippen molar-refractivity contribution in [3.63, 3.8) is 0 Å². The van der Waals surface area contributed by atoms with Crippen molar-refractivity contribution in [1.82, 2.24) is 0 Å². The number of nitrogens with two attached hydrogens (primary N) is 1. The Morgan fingerprint density at radius 1 is 1.35 bits per heavy atom. The lowest BCUT2D eigenvalue weighted by Crippen LogP contribution is -2.13. The summed E-state index contributed by atoms with van der Waals surface area (Å²) >= 11 is 6.13. The third-order valence-corrected chi connectivity index (χ3v) is 3.26. The molecule has 0 amide bonds. The Balaban J connectivity index is 3.28. The summed E-state index contributed by atoms with van der Waals surface area (Å²) in [5, 5.41) is 11.0. The highest BCUT2D eigenvalue weighted by Crippen LogP contribution is 2.39. The summed E-state index contributed by atoms with van der Waals surface area (Å²) in [6.45, 7) is 8.87. The molecule has 0 saturated heterocycles. The van der Waals surface area contributed by atoms with E-state index in [1.807, 2.05) is 12.1 Å². The lowest BCUT2D eigenvalue weighted by molar-refractivity contribution is 0.434. The lowest BCUT2D eigenvalue weighted by Gasteiger charge is -2.24. The number of phenols is 1. The van der Waals surface area contributed by atoms with Gasteiger partial charge in [0.25, 0.3) is 0 Å². The summed E-state index contributed by atoms with van der Waals surface area (Å²) in [7, 11) is 0. The molecule has 96 valence electrons. The molecule has 1 rings (SSSR count). The van der Waals surface area contributed by atoms with E-state index in [1.54, 1.807) is 0 Å². The number of halogens is 1. The highest BCUT2D eigenvalue weighted by atomic mass is 35.5. The van der Waals surface area contributed by atoms with E-state index in [-0.39, 0.29) is 11.3 Å². The zero-order valence-corrected chi connectivity index (χ0v) is 11.8. The average molecular weight is 256 g/mol. The summed E-state index contributed by atoms with van der Waals surface area (Å²) in [5.41, 5.74) is 7.23. The zero-order valence-electron chi connectivity index (χ0n) is 11.0. The minimum atomic E-state index is -0.119. The number of benzene rings is 1. The van der Waals surface area contributed by atoms with Gasteiger partial charge in [-0.1, -0.05) is 39.3 Å². The van der Waals surface area contributed by atoms with Gasteiger partial charge in [0, 0.05) is 10.6 Å². The van der Waals surface area contributed by atoms with Gasteiger partial charge in [-0.2, -0.15) is 0 Å². The van der Waals surface area contributed by atoms with Crippen LogP contribution in [0.5, 0.6) is 5.75 Å². The third-order valence-electron chi connectivity index (χ3n) is 3.04. The van der Waals surface area contributed by atoms with Gasteiger partial charge in [0.05, 0.1) is 0 Å². The molecule has 3 heteroatoms. The maximum absolute atomic E-state index is 10.3. The maximum Gasteiger partial charge on any atom is 0.122 e. The van der Waals surface area contributed by atoms with Crippen LogP contribution in [0.2, 0.25) is 5.02 Å². The second kappa shape index (κ2) is 5.28. The van der Waals surface area contributed by atoms with E-state index in [9.17, 15) is 5.11 Å². The van der Waals surface area contributed by atoms with E-state index in [0.29, 0.717) is 17.3 Å². The molecule has 2 nitrogen and oxygen atoms in total. The lowest BCUT2D eigenvalue weighted by atomic mass is 9.83. The fourth-order valence-corrected chi connectivity index (χ4v) is 2.20. The topological polar surface area (TPSA) is 46.2 Å². The van der Waals surface area contributed by atoms with E-state index in [1.165, 1.54) is 0 Å². The van der Waals surface area contributed by atoms with Gasteiger partial charge in [0.2, 0.25) is 0 Å². The second-order valence-electron chi connectivity index (χ2n) is 5.62. The molecule has 0 spiro atoms. The van der Waals surface area contributed by atoms with E-state index >= 15 is 0 Å². The molecule has 0 aliphatic rings. The van der Waals surface area contributed by atoms with Crippen molar-refractivity contribution >= 4 is 11.6 Å². The summed E-state index contributed by atoms with van der Waals surface area (Å²) in [6, 6.07) is 3.68. The Morgan fingerprint density at radius 2 is 1.94 bits per heavy atom. The molecule has 0 aliphatic heterocycles. The summed E-state index contributed by atoms with van der Waals surface area (Å²) < 4.78 is 0. The highest BCUT2D eigenvalue weighted by molar-refractivity contribution is 6.30. The SMILES string of the molecule is CC(CCN)c1cc(Cl)cc(C(C)(C)C)c1O. The van der Waals surface area contributed by atoms with Crippen molar-refractivity contribution in [2.45, 2.75) is 45.4 Å². The predicted molar refractivity (Wildman–Crippen MR) is 73.9 cm³/mol. The van der Waals surface area contributed by atoms with Gasteiger partial charge in [-0.25, -0.2) is 0 Å². The Hall–Kier alpha value is -0.730. The maximum atomic E-state index is 10.3. The van der Waals surface area contributed by atoms with Crippen molar-refractivity contribution in [1.29, 1.82) is 0 Å². The monoisotopic (exact) mass is 255 g/mol. The molecular formula is C14H22ClNO. The van der Waals surface area contributed by atoms with Gasteiger partial charge in [-0.3, -0.25) is 0 Å². The largest absolute Gasteiger partial charge is 0.507 e. The summed E-state index contributed by atoms with van der Waals surface area (Å²) in [5.74, 6) is 0.586. The highest BCUT2D eigenvalue weighted by Gasteiger charge is 2.22. The van der Waals surface area contributed by atoms with Crippen molar-refractivity contribution in [2.24, 2.45) is 5.73 Å². The smallest absolute Gasteiger partial charge is 0.122 e. The van der Waals surface area contributed by atoms with Gasteiger partial charge < -0.3 is 10.8 Å². The average Bonchev–Trinajstić information content (AvgIpc) is 2.19. The summed E-state index contributed by atoms with van der Waals surface area (Å²) in [6.07, 6.45) is 0.845. The van der Waals surface area contributed by atoms with Gasteiger partial charge in [-0.05, 0) is 42.0 Å². The first-order valence-electron chi connectivity index (χ1n) is 6.00. The molecule has 0 fully saturated rings. The van der Waals surface area contributed by atoms with Crippen LogP contribution in [0.15, 0.2) is 12.1 Å². The van der Waals surface area contributed by atoms with Gasteiger partial charge in [0.15, 0.2) is 0 Å². The second-order valence-corrected chi connectivity index (χ2v) is 6.06. The molecule has 0 heterocycles. The van der Waals surface area contributed by atoms with E-state index in [0.717, 1.165) is 17.5 Å². The predicted octanol–water partition coefficient (Wildman–Crippen LogP) is 3.80. The van der Waals surface area contributed by atoms with Crippen LogP contribution in [-0.2, 0) is 5.41 Å². The number of phenolic OH excluding ortho intramolecular Hbond substituents is 1. The normalized spacial score (nSPS) is 13.8. The fraction of sp³-hybridized carbons (Fsp3) is 0.571. The van der Waals surface area contributed by atoms with E-state index in [2.05, 4.69) is 27.7 Å². The summed E-state index contributed by atoms with van der Waals surface area (Å²) in [4.78, 5) is 0. The molecule has 1 aromatic rings. The van der Waals surface area contributed by atoms with Crippen LogP contribution < -0.4 is 5.73 Å². The van der Waals surface area contributed by atoms with Crippen molar-refractivity contribution < 1.29 is 5.11 Å². The minimum Gasteiger partial charge on any atom is -0.507 e. The number of hydrogen-bond acceptors (Lipinski definition) is 2. The molecule has 0 saturated carbocycles. The molecule has 1 unspecified atom stereocenters. The Bertz CT molecular complexity index is 396. The number of hydrogen-bond donors (Lipinski definition) is 2. The van der Waals surface area contributed by atoms with Crippen LogP contribution in [0.4, 0.5) is 0 Å². The fourth-order valence-electron chi connectivity index (χ4n) is 1.97. The van der Waals surface area contributed by atoms with Crippen LogP contribution in [0, 0.1) is 0 Å². The van der Waals surface area contributed by atoms with Gasteiger partial charge in [0.1, 0.15) is 5.75 Å². The first kappa shape index (κ1) is 14.3. The Morgan fingerprint density at radius 3 is 2.41 bits per heavy atom. The first-order chi connectivity index (χ1) is 7.77. The van der Waals surface area contributed by atoms with Crippen LogP contribution in [0.1, 0.15) is 51.2 Å². The molecule has 3 N–H and O–H groups in total.